The van der Waals surface area contributed by atoms with Crippen molar-refractivity contribution in [2.24, 2.45) is 0 Å². The molecule has 0 bridgehead atoms. The van der Waals surface area contributed by atoms with Crippen LogP contribution in [0.15, 0.2) is 24.3 Å². The SMILES string of the molecule is CCC[C@@H](C)NC(=O)COC(=O)/C=C/c1cccc(OC)c1OC. The lowest BCUT2D eigenvalue weighted by Crippen LogP contribution is -2.35. The molecule has 0 aromatic heterocycles. The molecule has 0 aliphatic carbocycles. The van der Waals surface area contributed by atoms with E-state index in [9.17, 15) is 9.59 Å². The molecule has 6 heteroatoms. The number of amides is 1. The van der Waals surface area contributed by atoms with E-state index < -0.39 is 5.97 Å². The van der Waals surface area contributed by atoms with Crippen LogP contribution in [0.4, 0.5) is 0 Å². The summed E-state index contributed by atoms with van der Waals surface area (Å²) in [5.74, 6) is 0.183. The summed E-state index contributed by atoms with van der Waals surface area (Å²) < 4.78 is 15.4. The minimum absolute atomic E-state index is 0.0674. The zero-order valence-electron chi connectivity index (χ0n) is 14.6. The van der Waals surface area contributed by atoms with Crippen molar-refractivity contribution in [2.75, 3.05) is 20.8 Å². The number of nitrogens with one attached hydrogen (secondary N) is 1. The molecule has 0 spiro atoms. The molecule has 24 heavy (non-hydrogen) atoms. The van der Waals surface area contributed by atoms with Crippen molar-refractivity contribution in [2.45, 2.75) is 32.7 Å². The molecule has 0 aliphatic rings. The first-order chi connectivity index (χ1) is 11.5. The van der Waals surface area contributed by atoms with Gasteiger partial charge in [0.15, 0.2) is 18.1 Å². The van der Waals surface area contributed by atoms with E-state index in [2.05, 4.69) is 5.32 Å². The second-order valence-corrected chi connectivity index (χ2v) is 5.28. The first kappa shape index (κ1) is 19.5. The highest BCUT2D eigenvalue weighted by Gasteiger charge is 2.10. The Labute approximate surface area is 142 Å². The molecule has 0 aliphatic heterocycles. The quantitative estimate of drug-likeness (QED) is 0.554. The van der Waals surface area contributed by atoms with Gasteiger partial charge in [-0.05, 0) is 25.5 Å². The number of hydrogen-bond acceptors (Lipinski definition) is 5. The number of carbonyl (C=O) groups is 2. The molecule has 1 rings (SSSR count). The standard InChI is InChI=1S/C18H25NO5/c1-5-7-13(2)19-16(20)12-24-17(21)11-10-14-8-6-9-15(22-3)18(14)23-4/h6,8-11,13H,5,7,12H2,1-4H3,(H,19,20)/b11-10+/t13-/m1/s1. The van der Waals surface area contributed by atoms with Crippen LogP contribution in [-0.2, 0) is 14.3 Å². The lowest BCUT2D eigenvalue weighted by atomic mass is 10.1. The van der Waals surface area contributed by atoms with Gasteiger partial charge in [-0.25, -0.2) is 4.79 Å². The smallest absolute Gasteiger partial charge is 0.331 e. The van der Waals surface area contributed by atoms with E-state index in [1.165, 1.54) is 20.3 Å². The van der Waals surface area contributed by atoms with Gasteiger partial charge >= 0.3 is 5.97 Å². The molecule has 1 aromatic rings. The van der Waals surface area contributed by atoms with E-state index in [1.807, 2.05) is 13.8 Å². The molecular formula is C18H25NO5. The Kier molecular flexibility index (Phi) is 8.39. The number of hydrogen-bond donors (Lipinski definition) is 1. The van der Waals surface area contributed by atoms with Crippen LogP contribution in [0.25, 0.3) is 6.08 Å². The summed E-state index contributed by atoms with van der Waals surface area (Å²) in [7, 11) is 3.06. The van der Waals surface area contributed by atoms with Gasteiger partial charge in [0.2, 0.25) is 0 Å². The van der Waals surface area contributed by atoms with Crippen molar-refractivity contribution in [3.05, 3.63) is 29.8 Å². The zero-order chi connectivity index (χ0) is 17.9. The molecule has 132 valence electrons. The van der Waals surface area contributed by atoms with Crippen LogP contribution < -0.4 is 14.8 Å². The topological polar surface area (TPSA) is 73.9 Å². The summed E-state index contributed by atoms with van der Waals surface area (Å²) in [6.07, 6.45) is 4.67. The number of para-hydroxylation sites is 1. The van der Waals surface area contributed by atoms with E-state index >= 15 is 0 Å². The molecule has 0 heterocycles. The maximum atomic E-state index is 11.7. The van der Waals surface area contributed by atoms with Gasteiger partial charge < -0.3 is 19.5 Å². The Morgan fingerprint density at radius 3 is 2.62 bits per heavy atom. The van der Waals surface area contributed by atoms with Gasteiger partial charge in [-0.15, -0.1) is 0 Å². The maximum Gasteiger partial charge on any atom is 0.331 e. The van der Waals surface area contributed by atoms with Crippen LogP contribution >= 0.6 is 0 Å². The summed E-state index contributed by atoms with van der Waals surface area (Å²) >= 11 is 0. The molecule has 1 amide bonds. The minimum Gasteiger partial charge on any atom is -0.493 e. The summed E-state index contributed by atoms with van der Waals surface area (Å²) in [6, 6.07) is 5.40. The normalized spacial score (nSPS) is 11.8. The summed E-state index contributed by atoms with van der Waals surface area (Å²) in [4.78, 5) is 23.4. The van der Waals surface area contributed by atoms with Crippen LogP contribution in [0.5, 0.6) is 11.5 Å². The van der Waals surface area contributed by atoms with Crippen molar-refractivity contribution in [1.82, 2.24) is 5.32 Å². The van der Waals surface area contributed by atoms with Gasteiger partial charge in [0, 0.05) is 17.7 Å². The molecule has 1 atom stereocenters. The third-order valence-corrected chi connectivity index (χ3v) is 3.31. The third-order valence-electron chi connectivity index (χ3n) is 3.31. The van der Waals surface area contributed by atoms with E-state index in [1.54, 1.807) is 24.3 Å². The van der Waals surface area contributed by atoms with Crippen molar-refractivity contribution < 1.29 is 23.8 Å². The fraction of sp³-hybridized carbons (Fsp3) is 0.444. The highest BCUT2D eigenvalue weighted by Crippen LogP contribution is 2.31. The molecule has 0 unspecified atom stereocenters. The average Bonchev–Trinajstić information content (AvgIpc) is 2.57. The Bertz CT molecular complexity index is 583. The first-order valence-electron chi connectivity index (χ1n) is 7.87. The van der Waals surface area contributed by atoms with Crippen LogP contribution in [-0.4, -0.2) is 38.7 Å². The Hall–Kier alpha value is -2.50. The number of esters is 1. The van der Waals surface area contributed by atoms with Gasteiger partial charge in [0.25, 0.3) is 5.91 Å². The van der Waals surface area contributed by atoms with Crippen molar-refractivity contribution in [3.63, 3.8) is 0 Å². The summed E-state index contributed by atoms with van der Waals surface area (Å²) in [5.41, 5.74) is 0.676. The number of rotatable bonds is 9. The molecule has 1 aromatic carbocycles. The Morgan fingerprint density at radius 2 is 2.00 bits per heavy atom. The Balaban J connectivity index is 2.56. The van der Waals surface area contributed by atoms with Gasteiger partial charge in [-0.3, -0.25) is 4.79 Å². The molecular weight excluding hydrogens is 310 g/mol. The molecule has 0 radical (unpaired) electrons. The lowest BCUT2D eigenvalue weighted by Gasteiger charge is -2.12. The summed E-state index contributed by atoms with van der Waals surface area (Å²) in [5, 5.41) is 2.77. The number of methoxy groups -OCH3 is 2. The fourth-order valence-electron chi connectivity index (χ4n) is 2.21. The van der Waals surface area contributed by atoms with Gasteiger partial charge in [-0.1, -0.05) is 25.5 Å². The highest BCUT2D eigenvalue weighted by atomic mass is 16.5. The number of carbonyl (C=O) groups excluding carboxylic acids is 2. The lowest BCUT2D eigenvalue weighted by molar-refractivity contribution is -0.144. The van der Waals surface area contributed by atoms with Gasteiger partial charge in [-0.2, -0.15) is 0 Å². The van der Waals surface area contributed by atoms with E-state index in [0.717, 1.165) is 12.8 Å². The second-order valence-electron chi connectivity index (χ2n) is 5.28. The van der Waals surface area contributed by atoms with E-state index in [-0.39, 0.29) is 18.6 Å². The van der Waals surface area contributed by atoms with Crippen molar-refractivity contribution in [3.8, 4) is 11.5 Å². The Morgan fingerprint density at radius 1 is 1.25 bits per heavy atom. The predicted octanol–water partition coefficient (Wildman–Crippen LogP) is 2.57. The second kappa shape index (κ2) is 10.3. The molecule has 0 saturated carbocycles. The van der Waals surface area contributed by atoms with E-state index in [0.29, 0.717) is 17.1 Å². The molecule has 0 fully saturated rings. The zero-order valence-corrected chi connectivity index (χ0v) is 14.6. The predicted molar refractivity (Wildman–Crippen MR) is 92.1 cm³/mol. The largest absolute Gasteiger partial charge is 0.493 e. The summed E-state index contributed by atoms with van der Waals surface area (Å²) in [6.45, 7) is 3.66. The molecule has 6 nitrogen and oxygen atoms in total. The molecule has 1 N–H and O–H groups in total. The van der Waals surface area contributed by atoms with E-state index in [4.69, 9.17) is 14.2 Å². The van der Waals surface area contributed by atoms with Crippen LogP contribution in [0, 0.1) is 0 Å². The maximum absolute atomic E-state index is 11.7. The van der Waals surface area contributed by atoms with Crippen LogP contribution in [0.3, 0.4) is 0 Å². The first-order valence-corrected chi connectivity index (χ1v) is 7.87. The number of benzene rings is 1. The highest BCUT2D eigenvalue weighted by molar-refractivity contribution is 5.89. The average molecular weight is 335 g/mol. The van der Waals surface area contributed by atoms with Crippen LogP contribution in [0.2, 0.25) is 0 Å². The number of ether oxygens (including phenoxy) is 3. The van der Waals surface area contributed by atoms with Crippen LogP contribution in [0.1, 0.15) is 32.3 Å². The third kappa shape index (κ3) is 6.32. The van der Waals surface area contributed by atoms with Gasteiger partial charge in [0.1, 0.15) is 0 Å². The minimum atomic E-state index is -0.599. The molecule has 0 saturated heterocycles. The van der Waals surface area contributed by atoms with Gasteiger partial charge in [0.05, 0.1) is 14.2 Å². The monoisotopic (exact) mass is 335 g/mol. The van der Waals surface area contributed by atoms with Crippen molar-refractivity contribution >= 4 is 18.0 Å². The van der Waals surface area contributed by atoms with Crippen molar-refractivity contribution in [1.29, 1.82) is 0 Å². The fourth-order valence-corrected chi connectivity index (χ4v) is 2.21.